The van der Waals surface area contributed by atoms with E-state index in [9.17, 15) is 23.1 Å². The van der Waals surface area contributed by atoms with Crippen LogP contribution >= 0.6 is 0 Å². The van der Waals surface area contributed by atoms with E-state index in [1.165, 1.54) is 6.07 Å². The lowest BCUT2D eigenvalue weighted by molar-refractivity contribution is -0.312. The highest BCUT2D eigenvalue weighted by Crippen LogP contribution is 2.47. The number of nitrogens with zero attached hydrogens (tertiary/aromatic N) is 2. The number of anilines is 3. The maximum absolute atomic E-state index is 13.2. The van der Waals surface area contributed by atoms with E-state index in [0.717, 1.165) is 23.5 Å². The average Bonchev–Trinajstić information content (AvgIpc) is 2.60. The molecular weight excluding hydrogens is 397 g/mol. The number of carboxylic acid groups (broad SMARTS) is 1. The number of hydrogen-bond donors (Lipinski definition) is 0. The summed E-state index contributed by atoms with van der Waals surface area (Å²) in [6.07, 6.45) is -4.45. The van der Waals surface area contributed by atoms with E-state index in [1.54, 1.807) is 0 Å². The van der Waals surface area contributed by atoms with Crippen molar-refractivity contribution in [1.82, 2.24) is 0 Å². The van der Waals surface area contributed by atoms with Crippen molar-refractivity contribution < 1.29 is 27.8 Å². The topological polar surface area (TPSA) is 55.8 Å². The van der Waals surface area contributed by atoms with Crippen molar-refractivity contribution >= 4 is 23.0 Å². The molecule has 1 saturated heterocycles. The van der Waals surface area contributed by atoms with Crippen LogP contribution in [0.1, 0.15) is 26.3 Å². The van der Waals surface area contributed by atoms with Crippen molar-refractivity contribution in [2.45, 2.75) is 38.6 Å². The Morgan fingerprint density at radius 2 is 1.80 bits per heavy atom. The molecule has 0 aliphatic carbocycles. The number of halogens is 3. The third-order valence-electron chi connectivity index (χ3n) is 6.00. The summed E-state index contributed by atoms with van der Waals surface area (Å²) in [5.74, 6) is -1.36. The number of hydrogen-bond acceptors (Lipinski definition) is 5. The van der Waals surface area contributed by atoms with Crippen LogP contribution in [-0.4, -0.2) is 30.7 Å². The Morgan fingerprint density at radius 3 is 2.43 bits per heavy atom. The summed E-state index contributed by atoms with van der Waals surface area (Å²) in [7, 11) is 0. The van der Waals surface area contributed by atoms with Crippen LogP contribution < -0.4 is 19.6 Å². The number of benzene rings is 2. The van der Waals surface area contributed by atoms with Gasteiger partial charge in [0.05, 0.1) is 17.3 Å². The minimum absolute atomic E-state index is 0.163. The van der Waals surface area contributed by atoms with E-state index in [2.05, 4.69) is 0 Å². The Morgan fingerprint density at radius 1 is 1.13 bits per heavy atom. The van der Waals surface area contributed by atoms with Gasteiger partial charge in [-0.15, -0.1) is 0 Å². The smallest absolute Gasteiger partial charge is 0.416 e. The van der Waals surface area contributed by atoms with Gasteiger partial charge in [0.2, 0.25) is 0 Å². The number of aliphatic carboxylic acids is 1. The number of carboxylic acids is 1. The third-order valence-corrected chi connectivity index (χ3v) is 6.00. The minimum Gasteiger partial charge on any atom is -0.550 e. The fourth-order valence-corrected chi connectivity index (χ4v) is 3.90. The van der Waals surface area contributed by atoms with Crippen molar-refractivity contribution in [3.63, 3.8) is 0 Å². The van der Waals surface area contributed by atoms with Crippen molar-refractivity contribution in [3.8, 4) is 5.75 Å². The minimum atomic E-state index is -4.45. The molecule has 2 aliphatic rings. The highest BCUT2D eigenvalue weighted by Gasteiger charge is 2.41. The van der Waals surface area contributed by atoms with Gasteiger partial charge in [0.1, 0.15) is 11.4 Å². The van der Waals surface area contributed by atoms with E-state index in [4.69, 9.17) is 4.74 Å². The Hall–Kier alpha value is -2.90. The van der Waals surface area contributed by atoms with Crippen molar-refractivity contribution in [3.05, 3.63) is 48.0 Å². The van der Waals surface area contributed by atoms with Crippen LogP contribution in [-0.2, 0) is 11.0 Å². The number of carbonyl (C=O) groups excluding carboxylic acids is 1. The number of fused-ring (bicyclic) bond motifs is 1. The van der Waals surface area contributed by atoms with Gasteiger partial charge < -0.3 is 24.4 Å². The predicted octanol–water partition coefficient (Wildman–Crippen LogP) is 3.59. The second kappa shape index (κ2) is 6.82. The van der Waals surface area contributed by atoms with Crippen LogP contribution in [0.4, 0.5) is 30.2 Å². The summed E-state index contributed by atoms with van der Waals surface area (Å²) in [6, 6.07) is 10.9. The SMILES string of the molecule is CC1N(c2cccc(N3CC(C(=O)[O-])C3)c2)c2ccc(C(F)(F)F)cc2OC1(C)C. The van der Waals surface area contributed by atoms with Gasteiger partial charge in [0.25, 0.3) is 0 Å². The monoisotopic (exact) mass is 419 g/mol. The lowest BCUT2D eigenvalue weighted by Gasteiger charge is -2.47. The van der Waals surface area contributed by atoms with E-state index >= 15 is 0 Å². The Labute approximate surface area is 172 Å². The molecule has 1 fully saturated rings. The zero-order chi connectivity index (χ0) is 21.8. The molecule has 2 aromatic carbocycles. The summed E-state index contributed by atoms with van der Waals surface area (Å²) in [5, 5.41) is 11.0. The van der Waals surface area contributed by atoms with E-state index in [0.29, 0.717) is 18.8 Å². The first-order chi connectivity index (χ1) is 14.0. The van der Waals surface area contributed by atoms with Gasteiger partial charge in [-0.3, -0.25) is 0 Å². The third kappa shape index (κ3) is 3.44. The van der Waals surface area contributed by atoms with Crippen LogP contribution in [0, 0.1) is 5.92 Å². The first kappa shape index (κ1) is 20.4. The molecule has 5 nitrogen and oxygen atoms in total. The molecule has 1 atom stereocenters. The number of carbonyl (C=O) groups is 1. The van der Waals surface area contributed by atoms with Gasteiger partial charge in [0, 0.05) is 36.4 Å². The Balaban J connectivity index is 1.72. The number of alkyl halides is 3. The van der Waals surface area contributed by atoms with Gasteiger partial charge in [-0.25, -0.2) is 0 Å². The molecule has 0 spiro atoms. The van der Waals surface area contributed by atoms with Gasteiger partial charge in [0.15, 0.2) is 0 Å². The second-order valence-corrected chi connectivity index (χ2v) is 8.37. The predicted molar refractivity (Wildman–Crippen MR) is 105 cm³/mol. The first-order valence-electron chi connectivity index (χ1n) is 9.73. The standard InChI is InChI=1S/C22H23F3N2O3/c1-13-21(2,3)30-19-9-15(22(23,24)25)7-8-18(19)27(13)17-6-4-5-16(10-17)26-11-14(12-26)20(28)29/h4-10,13-14H,11-12H2,1-3H3,(H,28,29)/p-1. The number of ether oxygens (including phenoxy) is 1. The molecule has 0 bridgehead atoms. The Kier molecular flexibility index (Phi) is 4.63. The molecule has 0 amide bonds. The van der Waals surface area contributed by atoms with Gasteiger partial charge in [-0.1, -0.05) is 6.07 Å². The molecule has 30 heavy (non-hydrogen) atoms. The fraction of sp³-hybridized carbons (Fsp3) is 0.409. The molecule has 0 aromatic heterocycles. The lowest BCUT2D eigenvalue weighted by Crippen LogP contribution is -2.54. The van der Waals surface area contributed by atoms with Crippen molar-refractivity contribution in [1.29, 1.82) is 0 Å². The molecule has 160 valence electrons. The van der Waals surface area contributed by atoms with Gasteiger partial charge in [-0.2, -0.15) is 13.2 Å². The second-order valence-electron chi connectivity index (χ2n) is 8.37. The molecular formula is C22H22F3N2O3-. The van der Waals surface area contributed by atoms with E-state index < -0.39 is 29.2 Å². The summed E-state index contributed by atoms with van der Waals surface area (Å²) in [6.45, 7) is 6.40. The van der Waals surface area contributed by atoms with Gasteiger partial charge in [-0.05, 0) is 57.2 Å². The van der Waals surface area contributed by atoms with Crippen LogP contribution in [0.25, 0.3) is 0 Å². The molecule has 0 N–H and O–H groups in total. The molecule has 2 aromatic rings. The molecule has 4 rings (SSSR count). The lowest BCUT2D eigenvalue weighted by atomic mass is 9.93. The highest BCUT2D eigenvalue weighted by molar-refractivity contribution is 5.76. The maximum Gasteiger partial charge on any atom is 0.416 e. The molecule has 8 heteroatoms. The normalized spacial score (nSPS) is 20.9. The fourth-order valence-electron chi connectivity index (χ4n) is 3.90. The van der Waals surface area contributed by atoms with E-state index in [1.807, 2.05) is 54.8 Å². The molecule has 2 heterocycles. The number of rotatable bonds is 3. The van der Waals surface area contributed by atoms with Crippen LogP contribution in [0.15, 0.2) is 42.5 Å². The maximum atomic E-state index is 13.2. The van der Waals surface area contributed by atoms with Gasteiger partial charge >= 0.3 is 6.18 Å². The van der Waals surface area contributed by atoms with Crippen LogP contribution in [0.5, 0.6) is 5.75 Å². The summed E-state index contributed by atoms with van der Waals surface area (Å²) in [5.41, 5.74) is 0.728. The van der Waals surface area contributed by atoms with Crippen molar-refractivity contribution in [2.75, 3.05) is 22.9 Å². The molecule has 0 radical (unpaired) electrons. The molecule has 0 saturated carbocycles. The summed E-state index contributed by atoms with van der Waals surface area (Å²) in [4.78, 5) is 14.9. The largest absolute Gasteiger partial charge is 0.550 e. The zero-order valence-corrected chi connectivity index (χ0v) is 16.9. The summed E-state index contributed by atoms with van der Waals surface area (Å²) < 4.78 is 45.6. The van der Waals surface area contributed by atoms with Crippen molar-refractivity contribution in [2.24, 2.45) is 5.92 Å². The van der Waals surface area contributed by atoms with Crippen LogP contribution in [0.2, 0.25) is 0 Å². The Bertz CT molecular complexity index is 984. The van der Waals surface area contributed by atoms with Crippen LogP contribution in [0.3, 0.4) is 0 Å². The molecule has 2 aliphatic heterocycles. The first-order valence-corrected chi connectivity index (χ1v) is 9.73. The quantitative estimate of drug-likeness (QED) is 0.761. The average molecular weight is 419 g/mol. The molecule has 1 unspecified atom stereocenters. The van der Waals surface area contributed by atoms with E-state index in [-0.39, 0.29) is 11.8 Å². The highest BCUT2D eigenvalue weighted by atomic mass is 19.4. The summed E-state index contributed by atoms with van der Waals surface area (Å²) >= 11 is 0. The zero-order valence-electron chi connectivity index (χ0n) is 16.9.